The largest absolute Gasteiger partial charge is 0.508 e. The Morgan fingerprint density at radius 3 is 2.47 bits per heavy atom. The number of piperazine rings is 1. The van der Waals surface area contributed by atoms with Gasteiger partial charge in [0.05, 0.1) is 12.0 Å². The van der Waals surface area contributed by atoms with Gasteiger partial charge in [0.1, 0.15) is 5.75 Å². The molecule has 2 N–H and O–H groups in total. The van der Waals surface area contributed by atoms with E-state index in [4.69, 9.17) is 11.6 Å². The molecule has 32 heavy (non-hydrogen) atoms. The van der Waals surface area contributed by atoms with E-state index in [1.54, 1.807) is 24.3 Å². The summed E-state index contributed by atoms with van der Waals surface area (Å²) in [4.78, 5) is 32.0. The van der Waals surface area contributed by atoms with E-state index >= 15 is 0 Å². The number of hydrogen-bond donors (Lipinski definition) is 2. The molecular weight excluding hydrogens is 428 g/mol. The lowest BCUT2D eigenvalue weighted by atomic mass is 10.1. The topological polar surface area (TPSA) is 76.1 Å². The van der Waals surface area contributed by atoms with Crippen molar-refractivity contribution in [2.75, 3.05) is 49.5 Å². The van der Waals surface area contributed by atoms with Crippen LogP contribution in [0.2, 0.25) is 5.02 Å². The Kier molecular flexibility index (Phi) is 6.86. The van der Waals surface area contributed by atoms with Crippen molar-refractivity contribution < 1.29 is 14.7 Å². The molecule has 0 aromatic heterocycles. The number of amides is 2. The fraction of sp³-hybridized carbons (Fsp3) is 0.417. The minimum atomic E-state index is -0.251. The highest BCUT2D eigenvalue weighted by atomic mass is 35.5. The summed E-state index contributed by atoms with van der Waals surface area (Å²) in [5.41, 5.74) is 1.74. The predicted octanol–water partition coefficient (Wildman–Crippen LogP) is 3.04. The Bertz CT molecular complexity index is 960. The van der Waals surface area contributed by atoms with Crippen LogP contribution in [0.5, 0.6) is 5.75 Å². The van der Waals surface area contributed by atoms with Gasteiger partial charge in [-0.1, -0.05) is 17.7 Å². The van der Waals surface area contributed by atoms with Crippen molar-refractivity contribution in [3.63, 3.8) is 0 Å². The second kappa shape index (κ2) is 9.79. The molecule has 2 aromatic rings. The van der Waals surface area contributed by atoms with Gasteiger partial charge < -0.3 is 20.2 Å². The van der Waals surface area contributed by atoms with Gasteiger partial charge >= 0.3 is 0 Å². The summed E-state index contributed by atoms with van der Waals surface area (Å²) < 4.78 is 0. The Hall–Kier alpha value is -2.77. The van der Waals surface area contributed by atoms with E-state index < -0.39 is 0 Å². The normalized spacial score (nSPS) is 20.2. The standard InChI is InChI=1S/C24H29ClN4O3/c1-17(24(32)28-13-11-27(12-14-28)21-4-2-3-19(25)15-21)29-10-9-18(16-29)23(31)26-20-5-7-22(30)8-6-20/h2-8,15,17-18,30H,9-14,16H2,1H3,(H,26,31)/t17?,18-/m1/s1. The highest BCUT2D eigenvalue weighted by Gasteiger charge is 2.35. The van der Waals surface area contributed by atoms with E-state index in [9.17, 15) is 14.7 Å². The van der Waals surface area contributed by atoms with Crippen LogP contribution in [-0.4, -0.2) is 72.0 Å². The number of likely N-dealkylation sites (tertiary alicyclic amines) is 1. The average molecular weight is 457 g/mol. The lowest BCUT2D eigenvalue weighted by Gasteiger charge is -2.38. The zero-order chi connectivity index (χ0) is 22.7. The van der Waals surface area contributed by atoms with Crippen molar-refractivity contribution in [2.24, 2.45) is 5.92 Å². The van der Waals surface area contributed by atoms with Crippen molar-refractivity contribution >= 4 is 34.8 Å². The number of nitrogens with one attached hydrogen (secondary N) is 1. The van der Waals surface area contributed by atoms with E-state index in [0.29, 0.717) is 30.3 Å². The van der Waals surface area contributed by atoms with E-state index in [-0.39, 0.29) is 29.5 Å². The quantitative estimate of drug-likeness (QED) is 0.676. The summed E-state index contributed by atoms with van der Waals surface area (Å²) >= 11 is 6.11. The maximum atomic E-state index is 13.1. The molecule has 0 radical (unpaired) electrons. The highest BCUT2D eigenvalue weighted by Crippen LogP contribution is 2.24. The summed E-state index contributed by atoms with van der Waals surface area (Å²) in [7, 11) is 0. The maximum Gasteiger partial charge on any atom is 0.239 e. The van der Waals surface area contributed by atoms with Gasteiger partial charge in [-0.25, -0.2) is 0 Å². The number of halogens is 1. The average Bonchev–Trinajstić information content (AvgIpc) is 3.30. The third-order valence-electron chi connectivity index (χ3n) is 6.40. The molecule has 2 saturated heterocycles. The molecule has 1 unspecified atom stereocenters. The first-order valence-electron chi connectivity index (χ1n) is 11.0. The molecule has 8 heteroatoms. The van der Waals surface area contributed by atoms with Crippen molar-refractivity contribution in [2.45, 2.75) is 19.4 Å². The fourth-order valence-corrected chi connectivity index (χ4v) is 4.60. The summed E-state index contributed by atoms with van der Waals surface area (Å²) in [6, 6.07) is 14.0. The number of benzene rings is 2. The number of carbonyl (C=O) groups is 2. The molecule has 0 bridgehead atoms. The van der Waals surface area contributed by atoms with Crippen LogP contribution < -0.4 is 10.2 Å². The Labute approximate surface area is 193 Å². The van der Waals surface area contributed by atoms with Gasteiger partial charge in [0.25, 0.3) is 0 Å². The van der Waals surface area contributed by atoms with E-state index in [2.05, 4.69) is 15.1 Å². The maximum absolute atomic E-state index is 13.1. The monoisotopic (exact) mass is 456 g/mol. The first kappa shape index (κ1) is 22.4. The molecule has 2 heterocycles. The third kappa shape index (κ3) is 5.16. The van der Waals surface area contributed by atoms with Gasteiger partial charge in [-0.2, -0.15) is 0 Å². The van der Waals surface area contributed by atoms with Crippen molar-refractivity contribution in [3.05, 3.63) is 53.6 Å². The first-order chi connectivity index (χ1) is 15.4. The van der Waals surface area contributed by atoms with Crippen molar-refractivity contribution in [1.29, 1.82) is 0 Å². The van der Waals surface area contributed by atoms with Crippen LogP contribution in [0.15, 0.2) is 48.5 Å². The summed E-state index contributed by atoms with van der Waals surface area (Å²) in [6.45, 7) is 6.13. The molecule has 2 aliphatic heterocycles. The van der Waals surface area contributed by atoms with Crippen LogP contribution in [0.4, 0.5) is 11.4 Å². The van der Waals surface area contributed by atoms with Gasteiger partial charge in [-0.15, -0.1) is 0 Å². The highest BCUT2D eigenvalue weighted by molar-refractivity contribution is 6.30. The van der Waals surface area contributed by atoms with Crippen LogP contribution in [0.1, 0.15) is 13.3 Å². The van der Waals surface area contributed by atoms with E-state index in [1.807, 2.05) is 36.1 Å². The number of rotatable bonds is 5. The molecule has 170 valence electrons. The number of phenols is 1. The number of nitrogens with zero attached hydrogens (tertiary/aromatic N) is 3. The Morgan fingerprint density at radius 1 is 1.06 bits per heavy atom. The molecule has 2 aliphatic rings. The molecule has 0 spiro atoms. The SMILES string of the molecule is CC(C(=O)N1CCN(c2cccc(Cl)c2)CC1)N1CC[C@@H](C(=O)Nc2ccc(O)cc2)C1. The minimum absolute atomic E-state index is 0.0482. The van der Waals surface area contributed by atoms with Crippen LogP contribution in [0.25, 0.3) is 0 Å². The summed E-state index contributed by atoms with van der Waals surface area (Å²) in [6.07, 6.45) is 0.726. The summed E-state index contributed by atoms with van der Waals surface area (Å²) in [5.74, 6) is 0.0813. The number of carbonyl (C=O) groups excluding carboxylic acids is 2. The second-order valence-corrected chi connectivity index (χ2v) is 8.92. The summed E-state index contributed by atoms with van der Waals surface area (Å²) in [5, 5.41) is 13.0. The molecular formula is C24H29ClN4O3. The smallest absolute Gasteiger partial charge is 0.239 e. The van der Waals surface area contributed by atoms with Crippen LogP contribution >= 0.6 is 11.6 Å². The molecule has 4 rings (SSSR count). The molecule has 2 amide bonds. The van der Waals surface area contributed by atoms with Crippen LogP contribution in [0.3, 0.4) is 0 Å². The van der Waals surface area contributed by atoms with Gasteiger partial charge in [-0.3, -0.25) is 14.5 Å². The third-order valence-corrected chi connectivity index (χ3v) is 6.63. The number of hydrogen-bond acceptors (Lipinski definition) is 5. The first-order valence-corrected chi connectivity index (χ1v) is 11.4. The molecule has 0 aliphatic carbocycles. The fourth-order valence-electron chi connectivity index (χ4n) is 4.42. The number of phenolic OH excluding ortho intramolecular Hbond substituents is 1. The Balaban J connectivity index is 1.27. The Morgan fingerprint density at radius 2 is 1.78 bits per heavy atom. The van der Waals surface area contributed by atoms with Crippen LogP contribution in [-0.2, 0) is 9.59 Å². The minimum Gasteiger partial charge on any atom is -0.508 e. The van der Waals surface area contributed by atoms with Crippen molar-refractivity contribution in [1.82, 2.24) is 9.80 Å². The molecule has 2 atom stereocenters. The number of anilines is 2. The zero-order valence-electron chi connectivity index (χ0n) is 18.2. The molecule has 2 aromatic carbocycles. The van der Waals surface area contributed by atoms with Gasteiger partial charge in [0.2, 0.25) is 11.8 Å². The zero-order valence-corrected chi connectivity index (χ0v) is 19.0. The van der Waals surface area contributed by atoms with Crippen LogP contribution in [0, 0.1) is 5.92 Å². The van der Waals surface area contributed by atoms with E-state index in [1.165, 1.54) is 0 Å². The predicted molar refractivity (Wildman–Crippen MR) is 126 cm³/mol. The lowest BCUT2D eigenvalue weighted by molar-refractivity contribution is -0.136. The second-order valence-electron chi connectivity index (χ2n) is 8.48. The number of aromatic hydroxyl groups is 1. The van der Waals surface area contributed by atoms with Gasteiger partial charge in [0.15, 0.2) is 0 Å². The molecule has 2 fully saturated rings. The molecule has 0 saturated carbocycles. The van der Waals surface area contributed by atoms with E-state index in [0.717, 1.165) is 31.7 Å². The van der Waals surface area contributed by atoms with Crippen molar-refractivity contribution in [3.8, 4) is 5.75 Å². The van der Waals surface area contributed by atoms with Gasteiger partial charge in [0, 0.05) is 49.1 Å². The molecule has 7 nitrogen and oxygen atoms in total. The van der Waals surface area contributed by atoms with Gasteiger partial charge in [-0.05, 0) is 62.4 Å². The lowest BCUT2D eigenvalue weighted by Crippen LogP contribution is -2.54.